The Morgan fingerprint density at radius 2 is 1.81 bits per heavy atom. The van der Waals surface area contributed by atoms with E-state index in [2.05, 4.69) is 33.2 Å². The van der Waals surface area contributed by atoms with E-state index in [0.29, 0.717) is 6.54 Å². The molecular weight excluding hydrogens is 342 g/mol. The number of fused-ring (bicyclic) bond motifs is 1. The SMILES string of the molecule is Cc1ccccc1C(=O)N(CCC[NH+](C)C)c1nc2c(C)cccc2s1. The van der Waals surface area contributed by atoms with Crippen molar-refractivity contribution in [3.63, 3.8) is 0 Å². The van der Waals surface area contributed by atoms with Gasteiger partial charge in [0.2, 0.25) is 0 Å². The number of rotatable bonds is 6. The molecule has 1 amide bonds. The van der Waals surface area contributed by atoms with Crippen molar-refractivity contribution in [1.82, 2.24) is 4.98 Å². The third-order valence-corrected chi connectivity index (χ3v) is 5.56. The van der Waals surface area contributed by atoms with Crippen LogP contribution in [0.3, 0.4) is 0 Å². The van der Waals surface area contributed by atoms with Gasteiger partial charge < -0.3 is 4.90 Å². The van der Waals surface area contributed by atoms with Crippen molar-refractivity contribution in [2.75, 3.05) is 32.1 Å². The molecule has 0 aliphatic rings. The van der Waals surface area contributed by atoms with Gasteiger partial charge in [-0.1, -0.05) is 41.7 Å². The first-order valence-corrected chi connectivity index (χ1v) is 9.81. The predicted molar refractivity (Wildman–Crippen MR) is 110 cm³/mol. The Hall–Kier alpha value is -2.24. The molecule has 2 aromatic carbocycles. The maximum atomic E-state index is 13.3. The lowest BCUT2D eigenvalue weighted by molar-refractivity contribution is -0.858. The predicted octanol–water partition coefficient (Wildman–Crippen LogP) is 3.09. The van der Waals surface area contributed by atoms with Crippen molar-refractivity contribution in [2.45, 2.75) is 20.3 Å². The summed E-state index contributed by atoms with van der Waals surface area (Å²) in [5.41, 5.74) is 3.89. The second-order valence-corrected chi connectivity index (χ2v) is 8.01. The van der Waals surface area contributed by atoms with Gasteiger partial charge in [0, 0.05) is 18.5 Å². The van der Waals surface area contributed by atoms with E-state index in [4.69, 9.17) is 4.98 Å². The number of carbonyl (C=O) groups is 1. The fourth-order valence-electron chi connectivity index (χ4n) is 3.02. The van der Waals surface area contributed by atoms with Gasteiger partial charge in [-0.05, 0) is 37.1 Å². The number of benzene rings is 2. The van der Waals surface area contributed by atoms with Crippen LogP contribution in [0.1, 0.15) is 27.9 Å². The quantitative estimate of drug-likeness (QED) is 0.726. The summed E-state index contributed by atoms with van der Waals surface area (Å²) in [5, 5.41) is 0.788. The first-order valence-electron chi connectivity index (χ1n) is 9.00. The second kappa shape index (κ2) is 7.98. The average Bonchev–Trinajstić information content (AvgIpc) is 3.03. The number of nitrogens with one attached hydrogen (secondary N) is 1. The minimum atomic E-state index is 0.0357. The topological polar surface area (TPSA) is 37.6 Å². The number of hydrogen-bond acceptors (Lipinski definition) is 3. The molecule has 0 aliphatic carbocycles. The van der Waals surface area contributed by atoms with Crippen LogP contribution in [0, 0.1) is 13.8 Å². The Balaban J connectivity index is 1.97. The molecule has 0 saturated heterocycles. The van der Waals surface area contributed by atoms with Crippen LogP contribution >= 0.6 is 11.3 Å². The van der Waals surface area contributed by atoms with Gasteiger partial charge in [-0.25, -0.2) is 4.98 Å². The number of aryl methyl sites for hydroxylation is 2. The zero-order valence-electron chi connectivity index (χ0n) is 15.9. The number of para-hydroxylation sites is 1. The molecular formula is C21H26N3OS+. The summed E-state index contributed by atoms with van der Waals surface area (Å²) >= 11 is 1.59. The number of hydrogen-bond donors (Lipinski definition) is 1. The van der Waals surface area contributed by atoms with Crippen LogP contribution in [0.4, 0.5) is 5.13 Å². The lowest BCUT2D eigenvalue weighted by Crippen LogP contribution is -3.05. The first-order chi connectivity index (χ1) is 12.5. The molecule has 0 fully saturated rings. The molecule has 3 aromatic rings. The highest BCUT2D eigenvalue weighted by Gasteiger charge is 2.22. The highest BCUT2D eigenvalue weighted by atomic mass is 32.1. The summed E-state index contributed by atoms with van der Waals surface area (Å²) < 4.78 is 1.13. The molecule has 3 rings (SSSR count). The number of carbonyl (C=O) groups excluding carboxylic acids is 1. The minimum absolute atomic E-state index is 0.0357. The molecule has 4 nitrogen and oxygen atoms in total. The van der Waals surface area contributed by atoms with Crippen molar-refractivity contribution in [3.05, 3.63) is 59.2 Å². The van der Waals surface area contributed by atoms with Crippen LogP contribution in [0.2, 0.25) is 0 Å². The Morgan fingerprint density at radius 3 is 2.50 bits per heavy atom. The molecule has 5 heteroatoms. The summed E-state index contributed by atoms with van der Waals surface area (Å²) in [6.07, 6.45) is 0.939. The number of nitrogens with zero attached hydrogens (tertiary/aromatic N) is 2. The van der Waals surface area contributed by atoms with Gasteiger partial charge in [-0.2, -0.15) is 0 Å². The van der Waals surface area contributed by atoms with E-state index in [1.807, 2.05) is 42.2 Å². The van der Waals surface area contributed by atoms with Crippen LogP contribution in [-0.2, 0) is 0 Å². The fraction of sp³-hybridized carbons (Fsp3) is 0.333. The standard InChI is InChI=1S/C21H25N3OS/c1-15-9-5-6-11-17(15)20(25)24(14-8-13-23(3)4)21-22-19-16(2)10-7-12-18(19)26-21/h5-7,9-12H,8,13-14H2,1-4H3/p+1. The lowest BCUT2D eigenvalue weighted by Gasteiger charge is -2.21. The molecule has 0 spiro atoms. The molecule has 0 saturated carbocycles. The van der Waals surface area contributed by atoms with Gasteiger partial charge in [0.15, 0.2) is 5.13 Å². The van der Waals surface area contributed by atoms with E-state index < -0.39 is 0 Å². The van der Waals surface area contributed by atoms with E-state index in [0.717, 1.165) is 45.0 Å². The number of quaternary nitrogens is 1. The number of thiazole rings is 1. The van der Waals surface area contributed by atoms with Crippen LogP contribution < -0.4 is 9.80 Å². The first kappa shape index (κ1) is 18.5. The molecule has 26 heavy (non-hydrogen) atoms. The van der Waals surface area contributed by atoms with Crippen molar-refractivity contribution in [3.8, 4) is 0 Å². The van der Waals surface area contributed by atoms with Gasteiger partial charge in [0.1, 0.15) is 0 Å². The van der Waals surface area contributed by atoms with Crippen LogP contribution in [-0.4, -0.2) is 38.1 Å². The van der Waals surface area contributed by atoms with Crippen molar-refractivity contribution < 1.29 is 9.69 Å². The molecule has 0 aliphatic heterocycles. The molecule has 1 aromatic heterocycles. The summed E-state index contributed by atoms with van der Waals surface area (Å²) in [7, 11) is 4.27. The van der Waals surface area contributed by atoms with Crippen molar-refractivity contribution >= 4 is 32.6 Å². The molecule has 0 unspecified atom stereocenters. The number of anilines is 1. The van der Waals surface area contributed by atoms with E-state index in [1.54, 1.807) is 11.3 Å². The van der Waals surface area contributed by atoms with Gasteiger partial charge in [-0.3, -0.25) is 9.69 Å². The highest BCUT2D eigenvalue weighted by Crippen LogP contribution is 2.31. The Bertz CT molecular complexity index is 917. The van der Waals surface area contributed by atoms with E-state index in [9.17, 15) is 4.79 Å². The normalized spacial score (nSPS) is 11.3. The van der Waals surface area contributed by atoms with Crippen molar-refractivity contribution in [1.29, 1.82) is 0 Å². The third-order valence-electron chi connectivity index (χ3n) is 4.52. The maximum Gasteiger partial charge on any atom is 0.260 e. The smallest absolute Gasteiger partial charge is 0.260 e. The monoisotopic (exact) mass is 368 g/mol. The fourth-order valence-corrected chi connectivity index (χ4v) is 4.09. The zero-order valence-corrected chi connectivity index (χ0v) is 16.7. The lowest BCUT2D eigenvalue weighted by atomic mass is 10.1. The van der Waals surface area contributed by atoms with E-state index in [-0.39, 0.29) is 5.91 Å². The number of aromatic nitrogens is 1. The second-order valence-electron chi connectivity index (χ2n) is 7.00. The van der Waals surface area contributed by atoms with Gasteiger partial charge in [0.25, 0.3) is 5.91 Å². The molecule has 1 heterocycles. The molecule has 136 valence electrons. The Kier molecular flexibility index (Phi) is 5.69. The van der Waals surface area contributed by atoms with Gasteiger partial charge in [0.05, 0.1) is 30.9 Å². The van der Waals surface area contributed by atoms with Gasteiger partial charge >= 0.3 is 0 Å². The largest absolute Gasteiger partial charge is 0.340 e. The summed E-state index contributed by atoms with van der Waals surface area (Å²) in [6, 6.07) is 14.0. The molecule has 0 bridgehead atoms. The zero-order chi connectivity index (χ0) is 18.7. The highest BCUT2D eigenvalue weighted by molar-refractivity contribution is 7.22. The van der Waals surface area contributed by atoms with Crippen LogP contribution in [0.15, 0.2) is 42.5 Å². The summed E-state index contributed by atoms with van der Waals surface area (Å²) in [6.45, 7) is 5.74. The van der Waals surface area contributed by atoms with Crippen LogP contribution in [0.5, 0.6) is 0 Å². The maximum absolute atomic E-state index is 13.3. The Labute approximate surface area is 159 Å². The summed E-state index contributed by atoms with van der Waals surface area (Å²) in [4.78, 5) is 21.3. The van der Waals surface area contributed by atoms with Gasteiger partial charge in [-0.15, -0.1) is 0 Å². The molecule has 1 N–H and O–H groups in total. The molecule has 0 radical (unpaired) electrons. The van der Waals surface area contributed by atoms with Crippen LogP contribution in [0.25, 0.3) is 10.2 Å². The van der Waals surface area contributed by atoms with E-state index in [1.165, 1.54) is 4.90 Å². The molecule has 0 atom stereocenters. The Morgan fingerprint density at radius 1 is 1.08 bits per heavy atom. The average molecular weight is 369 g/mol. The number of amides is 1. The third kappa shape index (κ3) is 3.94. The van der Waals surface area contributed by atoms with E-state index >= 15 is 0 Å². The van der Waals surface area contributed by atoms with Crippen molar-refractivity contribution in [2.24, 2.45) is 0 Å². The summed E-state index contributed by atoms with van der Waals surface area (Å²) in [5.74, 6) is 0.0357. The minimum Gasteiger partial charge on any atom is -0.340 e.